The molecule has 2 aromatic heterocycles. The molecule has 0 spiro atoms. The summed E-state index contributed by atoms with van der Waals surface area (Å²) in [5, 5.41) is 21.7. The number of methoxy groups -OCH3 is 1. The molecule has 3 heterocycles. The van der Waals surface area contributed by atoms with Crippen LogP contribution < -0.4 is 15.4 Å². The molecule has 0 unspecified atom stereocenters. The Balaban J connectivity index is 1.42. The minimum absolute atomic E-state index is 0.0908. The second kappa shape index (κ2) is 13.2. The minimum Gasteiger partial charge on any atom is -0.507 e. The number of hydrogen-bond donors (Lipinski definition) is 3. The Morgan fingerprint density at radius 2 is 1.75 bits per heavy atom. The van der Waals surface area contributed by atoms with E-state index >= 15 is 0 Å². The van der Waals surface area contributed by atoms with Crippen LogP contribution in [0.2, 0.25) is 0 Å². The maximum atomic E-state index is 14.0. The van der Waals surface area contributed by atoms with Gasteiger partial charge < -0.3 is 25.4 Å². The molecule has 0 saturated carbocycles. The minimum atomic E-state index is -0.317. The zero-order chi connectivity index (χ0) is 31.4. The van der Waals surface area contributed by atoms with Gasteiger partial charge in [0.1, 0.15) is 11.5 Å². The third-order valence-corrected chi connectivity index (χ3v) is 7.89. The summed E-state index contributed by atoms with van der Waals surface area (Å²) >= 11 is 0. The van der Waals surface area contributed by atoms with Crippen molar-refractivity contribution in [2.24, 2.45) is 7.05 Å². The van der Waals surface area contributed by atoms with Gasteiger partial charge in [-0.15, -0.1) is 0 Å². The van der Waals surface area contributed by atoms with Crippen LogP contribution in [0.1, 0.15) is 56.9 Å². The first-order chi connectivity index (χ1) is 21.2. The van der Waals surface area contributed by atoms with Crippen LogP contribution in [0.25, 0.3) is 22.2 Å². The average molecular weight is 599 g/mol. The van der Waals surface area contributed by atoms with Crippen LogP contribution in [0, 0.1) is 13.8 Å². The number of aromatic hydroxyl groups is 1. The number of hydrogen-bond acceptors (Lipinski definition) is 7. The highest BCUT2D eigenvalue weighted by atomic mass is 16.5. The van der Waals surface area contributed by atoms with Gasteiger partial charge in [0, 0.05) is 50.9 Å². The van der Waals surface area contributed by atoms with Gasteiger partial charge in [0.2, 0.25) is 5.91 Å². The quantitative estimate of drug-likeness (QED) is 0.320. The lowest BCUT2D eigenvalue weighted by Crippen LogP contribution is -2.36. The maximum Gasteiger partial charge on any atom is 0.255 e. The van der Waals surface area contributed by atoms with E-state index in [1.54, 1.807) is 47.0 Å². The third-order valence-electron chi connectivity index (χ3n) is 7.89. The Kier molecular flexibility index (Phi) is 9.12. The monoisotopic (exact) mass is 598 g/mol. The highest BCUT2D eigenvalue weighted by Crippen LogP contribution is 2.33. The van der Waals surface area contributed by atoms with Crippen LogP contribution in [0.5, 0.6) is 11.5 Å². The molecular formula is C33H38N6O5. The first-order valence-electron chi connectivity index (χ1n) is 14.8. The molecule has 1 aliphatic rings. The number of ether oxygens (including phenoxy) is 1. The van der Waals surface area contributed by atoms with E-state index < -0.39 is 0 Å². The Hall–Kier alpha value is -4.93. The zero-order valence-electron chi connectivity index (χ0n) is 25.6. The van der Waals surface area contributed by atoms with Crippen molar-refractivity contribution in [2.75, 3.05) is 33.3 Å². The van der Waals surface area contributed by atoms with E-state index in [9.17, 15) is 19.5 Å². The van der Waals surface area contributed by atoms with E-state index in [0.29, 0.717) is 90.2 Å². The van der Waals surface area contributed by atoms with E-state index in [4.69, 9.17) is 4.74 Å². The van der Waals surface area contributed by atoms with E-state index in [1.807, 2.05) is 26.0 Å². The summed E-state index contributed by atoms with van der Waals surface area (Å²) in [4.78, 5) is 46.3. The molecule has 4 bridgehead atoms. The predicted octanol–water partition coefficient (Wildman–Crippen LogP) is 3.68. The van der Waals surface area contributed by atoms with Crippen LogP contribution >= 0.6 is 0 Å². The number of aryl methyl sites for hydroxylation is 3. The van der Waals surface area contributed by atoms with Gasteiger partial charge in [0.25, 0.3) is 11.8 Å². The fourth-order valence-electron chi connectivity index (χ4n) is 5.68. The van der Waals surface area contributed by atoms with Crippen LogP contribution in [-0.4, -0.2) is 75.8 Å². The third kappa shape index (κ3) is 6.51. The van der Waals surface area contributed by atoms with Crippen molar-refractivity contribution in [1.29, 1.82) is 0 Å². The summed E-state index contributed by atoms with van der Waals surface area (Å²) < 4.78 is 7.14. The molecule has 2 aromatic carbocycles. The number of nitrogens with zero attached hydrogens (tertiary/aromatic N) is 4. The van der Waals surface area contributed by atoms with Crippen molar-refractivity contribution in [3.63, 3.8) is 0 Å². The number of phenols is 1. The molecule has 44 heavy (non-hydrogen) atoms. The van der Waals surface area contributed by atoms with Crippen molar-refractivity contribution < 1.29 is 24.2 Å². The molecule has 4 aromatic rings. The fourth-order valence-corrected chi connectivity index (χ4v) is 5.68. The molecular weight excluding hydrogens is 560 g/mol. The number of aromatic nitrogens is 3. The Morgan fingerprint density at radius 1 is 0.955 bits per heavy atom. The number of amides is 3. The lowest BCUT2D eigenvalue weighted by molar-refractivity contribution is -0.121. The fraction of sp³-hybridized carbons (Fsp3) is 0.364. The Morgan fingerprint density at radius 3 is 2.55 bits per heavy atom. The summed E-state index contributed by atoms with van der Waals surface area (Å²) in [5.74, 6) is -0.0685. The zero-order valence-corrected chi connectivity index (χ0v) is 25.6. The second-order valence-corrected chi connectivity index (χ2v) is 11.1. The first-order valence-corrected chi connectivity index (χ1v) is 14.8. The lowest BCUT2D eigenvalue weighted by Gasteiger charge is -2.23. The van der Waals surface area contributed by atoms with Crippen molar-refractivity contribution in [3.8, 4) is 22.6 Å². The summed E-state index contributed by atoms with van der Waals surface area (Å²) in [5.41, 5.74) is 5.12. The van der Waals surface area contributed by atoms with E-state index in [2.05, 4.69) is 20.7 Å². The van der Waals surface area contributed by atoms with Crippen LogP contribution in [0.15, 0.2) is 42.5 Å². The molecule has 230 valence electrons. The maximum absolute atomic E-state index is 14.0. The molecule has 0 fully saturated rings. The number of carbonyl (C=O) groups excluding carboxylic acids is 3. The molecule has 0 aliphatic carbocycles. The number of rotatable bonds is 2. The van der Waals surface area contributed by atoms with Gasteiger partial charge in [0.05, 0.1) is 29.3 Å². The molecule has 11 nitrogen and oxygen atoms in total. The van der Waals surface area contributed by atoms with Gasteiger partial charge in [-0.05, 0) is 74.6 Å². The summed E-state index contributed by atoms with van der Waals surface area (Å²) in [6, 6.07) is 12.3. The van der Waals surface area contributed by atoms with Gasteiger partial charge in [-0.1, -0.05) is 12.1 Å². The molecule has 11 heteroatoms. The number of pyridine rings is 1. The molecule has 0 atom stereocenters. The number of nitrogens with one attached hydrogen (secondary N) is 2. The molecule has 3 amide bonds. The van der Waals surface area contributed by atoms with Crippen LogP contribution in [0.3, 0.4) is 0 Å². The normalized spacial score (nSPS) is 15.1. The molecule has 3 N–H and O–H groups in total. The lowest BCUT2D eigenvalue weighted by atomic mass is 9.98. The number of phenolic OH excluding ortho intramolecular Hbond substituents is 1. The van der Waals surface area contributed by atoms with Crippen molar-refractivity contribution >= 4 is 28.8 Å². The van der Waals surface area contributed by atoms with E-state index in [0.717, 1.165) is 11.3 Å². The summed E-state index contributed by atoms with van der Waals surface area (Å²) in [6.45, 7) is 5.20. The molecule has 5 rings (SSSR count). The average Bonchev–Trinajstić information content (AvgIpc) is 3.29. The van der Waals surface area contributed by atoms with Crippen molar-refractivity contribution in [3.05, 3.63) is 70.5 Å². The highest BCUT2D eigenvalue weighted by Gasteiger charge is 2.23. The Labute approximate surface area is 256 Å². The standard InChI is InChI=1S/C33H38N6O5/c1-20-17-26(30-21(2)37-38(3)31(30)36-20)33(43)39-15-5-7-29(41)34-14-12-22-8-10-27(40)24(18-22)23-9-11-28(44-4)25(19-23)32(42)35-13-6-16-39/h8-11,17-19,40H,5-7,12-16H2,1-4H3,(H,34,41)(H,35,42). The highest BCUT2D eigenvalue weighted by molar-refractivity contribution is 6.06. The molecule has 1 aliphatic heterocycles. The number of carbonyl (C=O) groups is 3. The topological polar surface area (TPSA) is 139 Å². The molecule has 0 radical (unpaired) electrons. The predicted molar refractivity (Wildman–Crippen MR) is 167 cm³/mol. The number of benzene rings is 2. The van der Waals surface area contributed by atoms with Gasteiger partial charge in [-0.2, -0.15) is 5.10 Å². The summed E-state index contributed by atoms with van der Waals surface area (Å²) in [7, 11) is 3.31. The van der Waals surface area contributed by atoms with Gasteiger partial charge in [0.15, 0.2) is 5.65 Å². The smallest absolute Gasteiger partial charge is 0.255 e. The Bertz CT molecular complexity index is 1730. The van der Waals surface area contributed by atoms with Crippen LogP contribution in [0.4, 0.5) is 0 Å². The van der Waals surface area contributed by atoms with Gasteiger partial charge in [-0.3, -0.25) is 19.1 Å². The molecule has 0 saturated heterocycles. The van der Waals surface area contributed by atoms with E-state index in [-0.39, 0.29) is 29.9 Å². The van der Waals surface area contributed by atoms with Gasteiger partial charge in [-0.25, -0.2) is 4.98 Å². The SMILES string of the molecule is COc1ccc2cc1C(=O)NCCCN(C(=O)c1cc(C)nc3c1c(C)nn3C)CCCC(=O)NCCc1ccc(O)c-2c1. The number of fused-ring (bicyclic) bond motifs is 6. The summed E-state index contributed by atoms with van der Waals surface area (Å²) in [6.07, 6.45) is 1.81. The first kappa shape index (κ1) is 30.5. The van der Waals surface area contributed by atoms with Crippen LogP contribution in [-0.2, 0) is 18.3 Å². The van der Waals surface area contributed by atoms with E-state index in [1.165, 1.54) is 7.11 Å². The largest absolute Gasteiger partial charge is 0.507 e. The second-order valence-electron chi connectivity index (χ2n) is 11.1. The van der Waals surface area contributed by atoms with Crippen molar-refractivity contribution in [2.45, 2.75) is 39.5 Å². The van der Waals surface area contributed by atoms with Crippen molar-refractivity contribution in [1.82, 2.24) is 30.3 Å². The van der Waals surface area contributed by atoms with Gasteiger partial charge >= 0.3 is 0 Å².